The van der Waals surface area contributed by atoms with Crippen molar-refractivity contribution < 1.29 is 23.8 Å². The Morgan fingerprint density at radius 3 is 2.34 bits per heavy atom. The van der Waals surface area contributed by atoms with Crippen molar-refractivity contribution in [2.75, 3.05) is 39.5 Å². The van der Waals surface area contributed by atoms with E-state index in [1.165, 1.54) is 5.56 Å². The molecular formula is C25H30N2O5. The summed E-state index contributed by atoms with van der Waals surface area (Å²) in [4.78, 5) is 27.1. The highest BCUT2D eigenvalue weighted by molar-refractivity contribution is 5.98. The van der Waals surface area contributed by atoms with E-state index >= 15 is 0 Å². The summed E-state index contributed by atoms with van der Waals surface area (Å²) in [5.41, 5.74) is 2.83. The van der Waals surface area contributed by atoms with Crippen molar-refractivity contribution >= 4 is 11.7 Å². The van der Waals surface area contributed by atoms with E-state index in [1.807, 2.05) is 12.1 Å². The van der Waals surface area contributed by atoms with E-state index in [-0.39, 0.29) is 24.5 Å². The zero-order valence-corrected chi connectivity index (χ0v) is 18.3. The van der Waals surface area contributed by atoms with Gasteiger partial charge in [-0.1, -0.05) is 24.3 Å². The highest BCUT2D eigenvalue weighted by Gasteiger charge is 2.15. The first-order valence-corrected chi connectivity index (χ1v) is 11.2. The third-order valence-corrected chi connectivity index (χ3v) is 5.67. The van der Waals surface area contributed by atoms with E-state index in [0.717, 1.165) is 44.8 Å². The minimum absolute atomic E-state index is 0.0803. The van der Waals surface area contributed by atoms with E-state index in [0.29, 0.717) is 36.8 Å². The minimum atomic E-state index is -0.134. The number of nitrogens with zero attached hydrogens (tertiary/aromatic N) is 1. The minimum Gasteiger partial charge on any atom is -0.490 e. The maximum Gasteiger partial charge on any atom is 0.220 e. The van der Waals surface area contributed by atoms with Crippen molar-refractivity contribution in [1.29, 1.82) is 0 Å². The molecule has 1 amide bonds. The Kier molecular flexibility index (Phi) is 7.74. The maximum atomic E-state index is 12.5. The fourth-order valence-electron chi connectivity index (χ4n) is 3.78. The second-order valence-corrected chi connectivity index (χ2v) is 8.12. The van der Waals surface area contributed by atoms with Crippen LogP contribution in [0, 0.1) is 0 Å². The third kappa shape index (κ3) is 6.31. The number of carbonyl (C=O) groups excluding carboxylic acids is 2. The molecule has 2 aromatic rings. The number of ketones is 1. The number of Topliss-reactive ketones (excluding diaryl/α,β-unsaturated/α-hetero) is 1. The van der Waals surface area contributed by atoms with Crippen LogP contribution in [0.2, 0.25) is 0 Å². The van der Waals surface area contributed by atoms with Gasteiger partial charge in [0.25, 0.3) is 0 Å². The molecule has 0 spiro atoms. The first kappa shape index (κ1) is 22.3. The van der Waals surface area contributed by atoms with Crippen LogP contribution in [0.4, 0.5) is 0 Å². The lowest BCUT2D eigenvalue weighted by Crippen LogP contribution is -2.35. The lowest BCUT2D eigenvalue weighted by molar-refractivity contribution is -0.121. The number of hydrogen-bond donors (Lipinski definition) is 1. The molecule has 2 aliphatic heterocycles. The predicted molar refractivity (Wildman–Crippen MR) is 120 cm³/mol. The Labute approximate surface area is 188 Å². The molecule has 1 N–H and O–H groups in total. The molecule has 0 aromatic heterocycles. The van der Waals surface area contributed by atoms with Gasteiger partial charge in [0.05, 0.1) is 26.4 Å². The SMILES string of the molecule is O=C(CCC(=O)c1ccc2c(c1)OCCCO2)NCc1ccc(CN2CCOCC2)cc1. The number of benzene rings is 2. The zero-order chi connectivity index (χ0) is 22.2. The highest BCUT2D eigenvalue weighted by Crippen LogP contribution is 2.30. The van der Waals surface area contributed by atoms with Crippen LogP contribution in [-0.4, -0.2) is 56.1 Å². The number of hydrogen-bond acceptors (Lipinski definition) is 6. The quantitative estimate of drug-likeness (QED) is 0.639. The molecule has 170 valence electrons. The number of rotatable bonds is 8. The number of carbonyl (C=O) groups is 2. The van der Waals surface area contributed by atoms with Crippen LogP contribution in [0.3, 0.4) is 0 Å². The predicted octanol–water partition coefficient (Wildman–Crippen LogP) is 2.96. The summed E-state index contributed by atoms with van der Waals surface area (Å²) < 4.78 is 16.6. The number of morpholine rings is 1. The first-order chi connectivity index (χ1) is 15.7. The van der Waals surface area contributed by atoms with E-state index in [4.69, 9.17) is 14.2 Å². The topological polar surface area (TPSA) is 77.1 Å². The molecular weight excluding hydrogens is 408 g/mol. The van der Waals surface area contributed by atoms with Crippen molar-refractivity contribution in [3.8, 4) is 11.5 Å². The fraction of sp³-hybridized carbons (Fsp3) is 0.440. The van der Waals surface area contributed by atoms with Gasteiger partial charge in [-0.05, 0) is 29.3 Å². The van der Waals surface area contributed by atoms with Crippen LogP contribution in [0.5, 0.6) is 11.5 Å². The van der Waals surface area contributed by atoms with Crippen LogP contribution >= 0.6 is 0 Å². The third-order valence-electron chi connectivity index (χ3n) is 5.67. The summed E-state index contributed by atoms with van der Waals surface area (Å²) >= 11 is 0. The van der Waals surface area contributed by atoms with Crippen molar-refractivity contribution in [3.63, 3.8) is 0 Å². The number of ether oxygens (including phenoxy) is 3. The molecule has 7 heteroatoms. The summed E-state index contributed by atoms with van der Waals surface area (Å²) in [5.74, 6) is 1.04. The maximum absolute atomic E-state index is 12.5. The smallest absolute Gasteiger partial charge is 0.220 e. The average molecular weight is 439 g/mol. The molecule has 2 aliphatic rings. The van der Waals surface area contributed by atoms with Gasteiger partial charge in [0, 0.05) is 51.0 Å². The zero-order valence-electron chi connectivity index (χ0n) is 18.3. The molecule has 1 fully saturated rings. The van der Waals surface area contributed by atoms with Crippen molar-refractivity contribution in [2.24, 2.45) is 0 Å². The summed E-state index contributed by atoms with van der Waals surface area (Å²) in [6.07, 6.45) is 1.13. The largest absolute Gasteiger partial charge is 0.490 e. The van der Waals surface area contributed by atoms with Crippen LogP contribution in [0.1, 0.15) is 40.7 Å². The Hall–Kier alpha value is -2.90. The molecule has 2 heterocycles. The fourth-order valence-corrected chi connectivity index (χ4v) is 3.78. The lowest BCUT2D eigenvalue weighted by atomic mass is 10.1. The number of fused-ring (bicyclic) bond motifs is 1. The molecule has 7 nitrogen and oxygen atoms in total. The van der Waals surface area contributed by atoms with Crippen molar-refractivity contribution in [3.05, 3.63) is 59.2 Å². The van der Waals surface area contributed by atoms with Crippen molar-refractivity contribution in [2.45, 2.75) is 32.4 Å². The van der Waals surface area contributed by atoms with Gasteiger partial charge in [-0.15, -0.1) is 0 Å². The normalized spacial score (nSPS) is 16.2. The Bertz CT molecular complexity index is 922. The average Bonchev–Trinajstić information content (AvgIpc) is 3.07. The summed E-state index contributed by atoms with van der Waals surface area (Å²) in [6, 6.07) is 13.5. The molecule has 2 aromatic carbocycles. The van der Waals surface area contributed by atoms with E-state index in [1.54, 1.807) is 18.2 Å². The Morgan fingerprint density at radius 1 is 0.844 bits per heavy atom. The summed E-state index contributed by atoms with van der Waals surface area (Å²) in [7, 11) is 0. The Balaban J connectivity index is 1.20. The van der Waals surface area contributed by atoms with Crippen LogP contribution < -0.4 is 14.8 Å². The molecule has 4 rings (SSSR count). The molecule has 0 radical (unpaired) electrons. The lowest BCUT2D eigenvalue weighted by Gasteiger charge is -2.26. The van der Waals surface area contributed by atoms with Gasteiger partial charge in [-0.25, -0.2) is 0 Å². The number of amides is 1. The Morgan fingerprint density at radius 2 is 1.56 bits per heavy atom. The van der Waals surface area contributed by atoms with E-state index in [2.05, 4.69) is 22.3 Å². The van der Waals surface area contributed by atoms with Crippen LogP contribution in [-0.2, 0) is 22.6 Å². The summed E-state index contributed by atoms with van der Waals surface area (Å²) in [5, 5.41) is 2.90. The van der Waals surface area contributed by atoms with Gasteiger partial charge < -0.3 is 19.5 Å². The number of nitrogens with one attached hydrogen (secondary N) is 1. The van der Waals surface area contributed by atoms with Crippen LogP contribution in [0.25, 0.3) is 0 Å². The van der Waals surface area contributed by atoms with Gasteiger partial charge in [-0.3, -0.25) is 14.5 Å². The van der Waals surface area contributed by atoms with Gasteiger partial charge in [-0.2, -0.15) is 0 Å². The second kappa shape index (κ2) is 11.1. The highest BCUT2D eigenvalue weighted by atomic mass is 16.5. The monoisotopic (exact) mass is 438 g/mol. The second-order valence-electron chi connectivity index (χ2n) is 8.12. The van der Waals surface area contributed by atoms with E-state index < -0.39 is 0 Å². The molecule has 1 saturated heterocycles. The first-order valence-electron chi connectivity index (χ1n) is 11.2. The molecule has 0 saturated carbocycles. The van der Waals surface area contributed by atoms with E-state index in [9.17, 15) is 9.59 Å². The molecule has 0 unspecified atom stereocenters. The van der Waals surface area contributed by atoms with Gasteiger partial charge in [0.1, 0.15) is 0 Å². The van der Waals surface area contributed by atoms with Gasteiger partial charge in [0.15, 0.2) is 17.3 Å². The molecule has 0 aliphatic carbocycles. The standard InChI is InChI=1S/C25H30N2O5/c28-22(21-6-8-23-24(16-21)32-13-1-12-31-23)7-9-25(29)26-17-19-2-4-20(5-3-19)18-27-10-14-30-15-11-27/h2-6,8,16H,1,7,9-15,17-18H2,(H,26,29). The molecule has 0 bridgehead atoms. The molecule has 0 atom stereocenters. The van der Waals surface area contributed by atoms with Gasteiger partial charge >= 0.3 is 0 Å². The van der Waals surface area contributed by atoms with Gasteiger partial charge in [0.2, 0.25) is 5.91 Å². The molecule has 32 heavy (non-hydrogen) atoms. The van der Waals surface area contributed by atoms with Crippen LogP contribution in [0.15, 0.2) is 42.5 Å². The van der Waals surface area contributed by atoms with Crippen molar-refractivity contribution in [1.82, 2.24) is 10.2 Å². The summed E-state index contributed by atoms with van der Waals surface area (Å²) in [6.45, 7) is 6.05.